The van der Waals surface area contributed by atoms with Crippen molar-refractivity contribution in [2.75, 3.05) is 26.0 Å². The van der Waals surface area contributed by atoms with Gasteiger partial charge in [0.05, 0.1) is 16.8 Å². The molecule has 0 aliphatic heterocycles. The number of anilines is 1. The molecule has 0 saturated heterocycles. The normalized spacial score (nSPS) is 16.5. The second-order valence-corrected chi connectivity index (χ2v) is 6.28. The average molecular weight is 305 g/mol. The van der Waals surface area contributed by atoms with Crippen LogP contribution in [0.15, 0.2) is 0 Å². The lowest BCUT2D eigenvalue weighted by atomic mass is 9.84. The third kappa shape index (κ3) is 3.36. The van der Waals surface area contributed by atoms with Crippen molar-refractivity contribution in [3.05, 3.63) is 11.4 Å². The second kappa shape index (κ2) is 7.03. The molecule has 1 saturated carbocycles. The molecule has 1 amide bonds. The largest absolute Gasteiger partial charge is 0.352 e. The summed E-state index contributed by atoms with van der Waals surface area (Å²) in [5.74, 6) is 0.734. The first-order valence-corrected chi connectivity index (χ1v) is 8.20. The van der Waals surface area contributed by atoms with Crippen LogP contribution in [-0.2, 0) is 17.6 Å². The molecule has 0 bridgehead atoms. The highest BCUT2D eigenvalue weighted by molar-refractivity contribution is 5.83. The Hall–Kier alpha value is -1.72. The molecule has 0 aromatic carbocycles. The number of nitrogens with zero attached hydrogens (tertiary/aromatic N) is 4. The molecule has 22 heavy (non-hydrogen) atoms. The van der Waals surface area contributed by atoms with Gasteiger partial charge in [0.1, 0.15) is 0 Å². The van der Waals surface area contributed by atoms with E-state index >= 15 is 0 Å². The molecule has 0 radical (unpaired) electrons. The van der Waals surface area contributed by atoms with Crippen LogP contribution in [0.5, 0.6) is 0 Å². The highest BCUT2D eigenvalue weighted by Crippen LogP contribution is 2.39. The van der Waals surface area contributed by atoms with E-state index in [1.807, 2.05) is 14.1 Å². The highest BCUT2D eigenvalue weighted by atomic mass is 16.2. The molecule has 1 fully saturated rings. The van der Waals surface area contributed by atoms with E-state index in [0.717, 1.165) is 49.9 Å². The molecule has 0 unspecified atom stereocenters. The van der Waals surface area contributed by atoms with Gasteiger partial charge in [-0.1, -0.05) is 26.7 Å². The Morgan fingerprint density at radius 3 is 2.32 bits per heavy atom. The molecule has 0 spiro atoms. The van der Waals surface area contributed by atoms with Crippen LogP contribution in [-0.4, -0.2) is 46.6 Å². The van der Waals surface area contributed by atoms with E-state index in [-0.39, 0.29) is 11.3 Å². The fourth-order valence-corrected chi connectivity index (χ4v) is 3.25. The zero-order valence-electron chi connectivity index (χ0n) is 14.1. The number of hydrogen-bond donors (Lipinski definition) is 1. The number of hydrogen-bond acceptors (Lipinski definition) is 5. The fraction of sp³-hybridized carbons (Fsp3) is 0.750. The predicted molar refractivity (Wildman–Crippen MR) is 86.7 cm³/mol. The van der Waals surface area contributed by atoms with Gasteiger partial charge in [-0.05, 0) is 25.7 Å². The van der Waals surface area contributed by atoms with Crippen molar-refractivity contribution in [1.29, 1.82) is 0 Å². The van der Waals surface area contributed by atoms with Gasteiger partial charge in [0.2, 0.25) is 11.9 Å². The van der Waals surface area contributed by atoms with Gasteiger partial charge < -0.3 is 10.2 Å². The maximum absolute atomic E-state index is 12.5. The summed E-state index contributed by atoms with van der Waals surface area (Å²) in [5.41, 5.74) is 1.62. The minimum Gasteiger partial charge on any atom is -0.352 e. The predicted octanol–water partition coefficient (Wildman–Crippen LogP) is 2.06. The van der Waals surface area contributed by atoms with Crippen molar-refractivity contribution >= 4 is 11.9 Å². The first-order chi connectivity index (χ1) is 10.5. The van der Waals surface area contributed by atoms with Gasteiger partial charge in [-0.2, -0.15) is 5.10 Å². The molecule has 6 heteroatoms. The lowest BCUT2D eigenvalue weighted by Crippen LogP contribution is -2.43. The number of carbonyl (C=O) groups is 1. The zero-order valence-corrected chi connectivity index (χ0v) is 14.1. The third-order valence-electron chi connectivity index (χ3n) is 4.51. The van der Waals surface area contributed by atoms with Gasteiger partial charge in [-0.25, -0.2) is 4.98 Å². The Balaban J connectivity index is 2.11. The Labute approximate surface area is 132 Å². The van der Waals surface area contributed by atoms with Gasteiger partial charge in [0.15, 0.2) is 0 Å². The molecule has 1 heterocycles. The van der Waals surface area contributed by atoms with E-state index in [1.54, 1.807) is 4.90 Å². The van der Waals surface area contributed by atoms with E-state index in [2.05, 4.69) is 34.3 Å². The van der Waals surface area contributed by atoms with E-state index in [1.165, 1.54) is 0 Å². The molecular weight excluding hydrogens is 278 g/mol. The first-order valence-electron chi connectivity index (χ1n) is 8.20. The molecule has 1 N–H and O–H groups in total. The SMILES string of the molecule is CCc1nnc(NCC2(C(=O)N(C)C)CCCC2)nc1CC. The second-order valence-electron chi connectivity index (χ2n) is 6.28. The molecule has 2 rings (SSSR count). The van der Waals surface area contributed by atoms with Crippen molar-refractivity contribution in [1.82, 2.24) is 20.1 Å². The Kier molecular flexibility index (Phi) is 5.32. The standard InChI is InChI=1S/C16H27N5O/c1-5-12-13(6-2)19-20-15(18-12)17-11-16(9-7-8-10-16)14(22)21(3)4/h5-11H2,1-4H3,(H,17,18,20). The van der Waals surface area contributed by atoms with Crippen LogP contribution >= 0.6 is 0 Å². The lowest BCUT2D eigenvalue weighted by Gasteiger charge is -2.30. The molecule has 1 aliphatic rings. The summed E-state index contributed by atoms with van der Waals surface area (Å²) >= 11 is 0. The van der Waals surface area contributed by atoms with Crippen molar-refractivity contribution in [3.63, 3.8) is 0 Å². The molecule has 1 aliphatic carbocycles. The summed E-state index contributed by atoms with van der Waals surface area (Å²) in [6, 6.07) is 0. The van der Waals surface area contributed by atoms with Crippen molar-refractivity contribution < 1.29 is 4.79 Å². The molecule has 6 nitrogen and oxygen atoms in total. The van der Waals surface area contributed by atoms with E-state index in [0.29, 0.717) is 12.5 Å². The van der Waals surface area contributed by atoms with Crippen LogP contribution in [0.3, 0.4) is 0 Å². The maximum Gasteiger partial charge on any atom is 0.243 e. The van der Waals surface area contributed by atoms with Crippen LogP contribution < -0.4 is 5.32 Å². The van der Waals surface area contributed by atoms with Gasteiger partial charge >= 0.3 is 0 Å². The van der Waals surface area contributed by atoms with Gasteiger partial charge in [0, 0.05) is 20.6 Å². The molecular formula is C16H27N5O. The fourth-order valence-electron chi connectivity index (χ4n) is 3.25. The van der Waals surface area contributed by atoms with Crippen molar-refractivity contribution in [2.45, 2.75) is 52.4 Å². The Bertz CT molecular complexity index is 523. The topological polar surface area (TPSA) is 71.0 Å². The molecule has 1 aromatic rings. The Morgan fingerprint density at radius 2 is 1.77 bits per heavy atom. The number of aromatic nitrogens is 3. The van der Waals surface area contributed by atoms with E-state index in [9.17, 15) is 4.79 Å². The van der Waals surface area contributed by atoms with Crippen LogP contribution in [0, 0.1) is 5.41 Å². The smallest absolute Gasteiger partial charge is 0.243 e. The van der Waals surface area contributed by atoms with E-state index in [4.69, 9.17) is 0 Å². The summed E-state index contributed by atoms with van der Waals surface area (Å²) in [5, 5.41) is 11.7. The van der Waals surface area contributed by atoms with Crippen molar-refractivity contribution in [2.24, 2.45) is 5.41 Å². The highest BCUT2D eigenvalue weighted by Gasteiger charge is 2.42. The summed E-state index contributed by atoms with van der Waals surface area (Å²) in [4.78, 5) is 18.8. The summed E-state index contributed by atoms with van der Waals surface area (Å²) in [6.07, 6.45) is 5.75. The lowest BCUT2D eigenvalue weighted by molar-refractivity contribution is -0.138. The van der Waals surface area contributed by atoms with Crippen LogP contribution in [0.25, 0.3) is 0 Å². The molecule has 1 aromatic heterocycles. The number of carbonyl (C=O) groups excluding carboxylic acids is 1. The third-order valence-corrected chi connectivity index (χ3v) is 4.51. The summed E-state index contributed by atoms with van der Waals surface area (Å²) < 4.78 is 0. The number of rotatable bonds is 6. The quantitative estimate of drug-likeness (QED) is 0.871. The number of aryl methyl sites for hydroxylation is 2. The number of amides is 1. The zero-order chi connectivity index (χ0) is 16.2. The van der Waals surface area contributed by atoms with E-state index < -0.39 is 0 Å². The van der Waals surface area contributed by atoms with Gasteiger partial charge in [0.25, 0.3) is 0 Å². The molecule has 0 atom stereocenters. The van der Waals surface area contributed by atoms with Crippen LogP contribution in [0.2, 0.25) is 0 Å². The van der Waals surface area contributed by atoms with Crippen LogP contribution in [0.4, 0.5) is 5.95 Å². The Morgan fingerprint density at radius 1 is 1.14 bits per heavy atom. The average Bonchev–Trinajstić information content (AvgIpc) is 3.01. The first kappa shape index (κ1) is 16.6. The minimum atomic E-state index is -0.317. The molecule has 122 valence electrons. The maximum atomic E-state index is 12.5. The van der Waals surface area contributed by atoms with Crippen LogP contribution in [0.1, 0.15) is 50.9 Å². The van der Waals surface area contributed by atoms with Crippen molar-refractivity contribution in [3.8, 4) is 0 Å². The minimum absolute atomic E-state index is 0.200. The summed E-state index contributed by atoms with van der Waals surface area (Å²) in [7, 11) is 3.65. The summed E-state index contributed by atoms with van der Waals surface area (Å²) in [6.45, 7) is 4.71. The number of nitrogens with one attached hydrogen (secondary N) is 1. The van der Waals surface area contributed by atoms with Gasteiger partial charge in [-0.15, -0.1) is 5.10 Å². The monoisotopic (exact) mass is 305 g/mol. The van der Waals surface area contributed by atoms with Gasteiger partial charge in [-0.3, -0.25) is 4.79 Å².